The molecule has 0 bridgehead atoms. The first kappa shape index (κ1) is 16.4. The first-order valence-corrected chi connectivity index (χ1v) is 9.14. The minimum absolute atomic E-state index is 0. The number of sulfone groups is 1. The zero-order chi connectivity index (χ0) is 14.0. The summed E-state index contributed by atoms with van der Waals surface area (Å²) >= 11 is 1.54. The predicted molar refractivity (Wildman–Crippen MR) is 86.7 cm³/mol. The van der Waals surface area contributed by atoms with E-state index >= 15 is 0 Å². The van der Waals surface area contributed by atoms with E-state index in [4.69, 9.17) is 0 Å². The number of benzene rings is 1. The number of nitrogens with zero attached hydrogens (tertiary/aromatic N) is 1. The second-order valence-electron chi connectivity index (χ2n) is 4.90. The van der Waals surface area contributed by atoms with Crippen LogP contribution < -0.4 is 5.32 Å². The van der Waals surface area contributed by atoms with E-state index in [1.807, 2.05) is 11.4 Å². The number of hydrogen-bond donors (Lipinski definition) is 1. The highest BCUT2D eigenvalue weighted by Gasteiger charge is 2.21. The van der Waals surface area contributed by atoms with Gasteiger partial charge in [-0.3, -0.25) is 0 Å². The summed E-state index contributed by atoms with van der Waals surface area (Å²) in [4.78, 5) is 4.83. The molecule has 0 spiro atoms. The van der Waals surface area contributed by atoms with Crippen LogP contribution >= 0.6 is 23.7 Å². The lowest BCUT2D eigenvalue weighted by molar-refractivity contribution is 0.594. The normalized spacial score (nSPS) is 18.4. The van der Waals surface area contributed by atoms with Crippen LogP contribution in [0.5, 0.6) is 0 Å². The number of nitrogens with one attached hydrogen (secondary N) is 1. The van der Waals surface area contributed by atoms with E-state index in [1.54, 1.807) is 35.6 Å². The highest BCUT2D eigenvalue weighted by atomic mass is 35.5. The topological polar surface area (TPSA) is 59.1 Å². The Balaban J connectivity index is 0.00000161. The summed E-state index contributed by atoms with van der Waals surface area (Å²) in [6.07, 6.45) is 2.24. The summed E-state index contributed by atoms with van der Waals surface area (Å²) in [6.45, 7) is 1.02. The summed E-state index contributed by atoms with van der Waals surface area (Å²) in [5.41, 5.74) is 0.641. The number of halogens is 1. The molecule has 1 atom stereocenters. The first-order chi connectivity index (χ1) is 9.65. The van der Waals surface area contributed by atoms with E-state index in [-0.39, 0.29) is 18.2 Å². The van der Waals surface area contributed by atoms with Crippen LogP contribution in [0.15, 0.2) is 40.6 Å². The standard InChI is InChI=1S/C14H16N2O2S2.ClH/c17-20(18,12-5-2-1-3-6-12)10-11-9-19-14(16-11)13-7-4-8-15-13;/h1-3,5-6,9,13,15H,4,7-8,10H2;1H. The van der Waals surface area contributed by atoms with E-state index in [0.29, 0.717) is 16.6 Å². The van der Waals surface area contributed by atoms with Crippen molar-refractivity contribution < 1.29 is 8.42 Å². The quantitative estimate of drug-likeness (QED) is 0.926. The summed E-state index contributed by atoms with van der Waals surface area (Å²) in [5.74, 6) is -0.0275. The number of thiazole rings is 1. The highest BCUT2D eigenvalue weighted by Crippen LogP contribution is 2.27. The third-order valence-electron chi connectivity index (χ3n) is 3.37. The van der Waals surface area contributed by atoms with Gasteiger partial charge in [0, 0.05) is 5.38 Å². The van der Waals surface area contributed by atoms with Crippen molar-refractivity contribution in [3.05, 3.63) is 46.4 Å². The maximum atomic E-state index is 12.3. The van der Waals surface area contributed by atoms with Crippen molar-refractivity contribution in [2.24, 2.45) is 0 Å². The second-order valence-corrected chi connectivity index (χ2v) is 7.78. The Kier molecular flexibility index (Phi) is 5.37. The Morgan fingerprint density at radius 3 is 2.71 bits per heavy atom. The largest absolute Gasteiger partial charge is 0.308 e. The third-order valence-corrected chi connectivity index (χ3v) is 6.04. The number of rotatable bonds is 4. The van der Waals surface area contributed by atoms with Gasteiger partial charge in [-0.05, 0) is 31.5 Å². The Hall–Kier alpha value is -0.950. The monoisotopic (exact) mass is 344 g/mol. The van der Waals surface area contributed by atoms with E-state index in [2.05, 4.69) is 10.3 Å². The minimum atomic E-state index is -3.30. The van der Waals surface area contributed by atoms with Crippen molar-refractivity contribution in [1.82, 2.24) is 10.3 Å². The van der Waals surface area contributed by atoms with E-state index in [0.717, 1.165) is 24.4 Å². The van der Waals surface area contributed by atoms with Gasteiger partial charge in [0.1, 0.15) is 5.01 Å². The summed E-state index contributed by atoms with van der Waals surface area (Å²) < 4.78 is 24.6. The average molecular weight is 345 g/mol. The van der Waals surface area contributed by atoms with Crippen LogP contribution in [0, 0.1) is 0 Å². The molecule has 1 aliphatic heterocycles. The Morgan fingerprint density at radius 1 is 1.29 bits per heavy atom. The maximum Gasteiger partial charge on any atom is 0.184 e. The Morgan fingerprint density at radius 2 is 2.05 bits per heavy atom. The minimum Gasteiger partial charge on any atom is -0.308 e. The molecule has 2 aromatic rings. The van der Waals surface area contributed by atoms with Crippen LogP contribution in [-0.2, 0) is 15.6 Å². The summed E-state index contributed by atoms with van der Waals surface area (Å²) in [7, 11) is -3.30. The number of hydrogen-bond acceptors (Lipinski definition) is 5. The fourth-order valence-corrected chi connectivity index (χ4v) is 4.66. The molecule has 0 aliphatic carbocycles. The molecule has 7 heteroatoms. The SMILES string of the molecule is Cl.O=S(=O)(Cc1csc(C2CCCN2)n1)c1ccccc1. The van der Waals surface area contributed by atoms with Gasteiger partial charge in [0.05, 0.1) is 22.4 Å². The zero-order valence-electron chi connectivity index (χ0n) is 11.4. The Labute approximate surface area is 134 Å². The van der Waals surface area contributed by atoms with Crippen LogP contribution in [0.2, 0.25) is 0 Å². The smallest absolute Gasteiger partial charge is 0.184 e. The molecular weight excluding hydrogens is 328 g/mol. The van der Waals surface area contributed by atoms with Gasteiger partial charge in [-0.2, -0.15) is 0 Å². The van der Waals surface area contributed by atoms with E-state index in [9.17, 15) is 8.42 Å². The molecule has 0 saturated carbocycles. The fourth-order valence-electron chi connectivity index (χ4n) is 2.35. The van der Waals surface area contributed by atoms with Gasteiger partial charge >= 0.3 is 0 Å². The lowest BCUT2D eigenvalue weighted by Crippen LogP contribution is -2.13. The van der Waals surface area contributed by atoms with Crippen LogP contribution in [0.3, 0.4) is 0 Å². The molecule has 4 nitrogen and oxygen atoms in total. The summed E-state index contributed by atoms with van der Waals surface area (Å²) in [5, 5.41) is 6.24. The van der Waals surface area contributed by atoms with Crippen LogP contribution in [0.4, 0.5) is 0 Å². The van der Waals surface area contributed by atoms with Gasteiger partial charge in [-0.1, -0.05) is 18.2 Å². The molecule has 1 saturated heterocycles. The van der Waals surface area contributed by atoms with Crippen molar-refractivity contribution in [2.45, 2.75) is 29.5 Å². The first-order valence-electron chi connectivity index (χ1n) is 6.61. The van der Waals surface area contributed by atoms with Crippen molar-refractivity contribution in [3.63, 3.8) is 0 Å². The lowest BCUT2D eigenvalue weighted by Gasteiger charge is -2.05. The fraction of sp³-hybridized carbons (Fsp3) is 0.357. The van der Waals surface area contributed by atoms with Crippen LogP contribution in [0.1, 0.15) is 29.6 Å². The average Bonchev–Trinajstić information content (AvgIpc) is 3.10. The van der Waals surface area contributed by atoms with Crippen molar-refractivity contribution >= 4 is 33.6 Å². The third kappa shape index (κ3) is 3.83. The molecule has 1 aromatic carbocycles. The molecule has 1 aromatic heterocycles. The van der Waals surface area contributed by atoms with E-state index in [1.165, 1.54) is 0 Å². The Bertz CT molecular complexity index is 680. The molecule has 0 amide bonds. The molecule has 1 fully saturated rings. The van der Waals surface area contributed by atoms with Gasteiger partial charge in [0.15, 0.2) is 9.84 Å². The van der Waals surface area contributed by atoms with Gasteiger partial charge in [0.25, 0.3) is 0 Å². The molecule has 1 N–H and O–H groups in total. The van der Waals surface area contributed by atoms with Gasteiger partial charge < -0.3 is 5.32 Å². The van der Waals surface area contributed by atoms with Gasteiger partial charge in [0.2, 0.25) is 0 Å². The van der Waals surface area contributed by atoms with Crippen molar-refractivity contribution in [1.29, 1.82) is 0 Å². The molecule has 1 aliphatic rings. The predicted octanol–water partition coefficient (Wildman–Crippen LogP) is 2.96. The van der Waals surface area contributed by atoms with E-state index < -0.39 is 9.84 Å². The summed E-state index contributed by atoms with van der Waals surface area (Å²) in [6, 6.07) is 8.84. The van der Waals surface area contributed by atoms with Crippen molar-refractivity contribution in [2.75, 3.05) is 6.54 Å². The molecule has 0 radical (unpaired) electrons. The molecule has 114 valence electrons. The highest BCUT2D eigenvalue weighted by molar-refractivity contribution is 7.90. The second kappa shape index (κ2) is 6.87. The van der Waals surface area contributed by atoms with Crippen molar-refractivity contribution in [3.8, 4) is 0 Å². The molecule has 1 unspecified atom stereocenters. The van der Waals surface area contributed by atoms with Gasteiger partial charge in [-0.25, -0.2) is 13.4 Å². The van der Waals surface area contributed by atoms with Gasteiger partial charge in [-0.15, -0.1) is 23.7 Å². The molecule has 21 heavy (non-hydrogen) atoms. The maximum absolute atomic E-state index is 12.3. The van der Waals surface area contributed by atoms with Crippen LogP contribution in [0.25, 0.3) is 0 Å². The molecule has 2 heterocycles. The molecular formula is C14H17ClN2O2S2. The van der Waals surface area contributed by atoms with Crippen LogP contribution in [-0.4, -0.2) is 19.9 Å². The zero-order valence-corrected chi connectivity index (χ0v) is 13.8. The number of aromatic nitrogens is 1. The molecule has 3 rings (SSSR count). The lowest BCUT2D eigenvalue weighted by atomic mass is 10.2.